The number of aromatic nitrogens is 2. The summed E-state index contributed by atoms with van der Waals surface area (Å²) in [5.41, 5.74) is 1.98. The van der Waals surface area contributed by atoms with E-state index in [2.05, 4.69) is 10.4 Å². The molecular formula is C15H20ClN3O2. The van der Waals surface area contributed by atoms with Crippen LogP contribution in [0, 0.1) is 0 Å². The number of hydrogen-bond acceptors (Lipinski definition) is 4. The lowest BCUT2D eigenvalue weighted by atomic mass is 10.2. The zero-order valence-electron chi connectivity index (χ0n) is 12.3. The fourth-order valence-corrected chi connectivity index (χ4v) is 2.17. The molecule has 2 aromatic rings. The first-order valence-corrected chi connectivity index (χ1v) is 7.16. The van der Waals surface area contributed by atoms with Crippen LogP contribution in [0.3, 0.4) is 0 Å². The predicted molar refractivity (Wildman–Crippen MR) is 82.6 cm³/mol. The normalized spacial score (nSPS) is 10.8. The Morgan fingerprint density at radius 3 is 2.95 bits per heavy atom. The zero-order chi connectivity index (χ0) is 15.1. The summed E-state index contributed by atoms with van der Waals surface area (Å²) < 4.78 is 12.6. The molecule has 0 aliphatic carbocycles. The lowest BCUT2D eigenvalue weighted by Gasteiger charge is -2.13. The summed E-state index contributed by atoms with van der Waals surface area (Å²) in [7, 11) is 3.56. The molecule has 114 valence electrons. The maximum Gasteiger partial charge on any atom is 0.125 e. The van der Waals surface area contributed by atoms with Crippen LogP contribution in [0.25, 0.3) is 0 Å². The Balaban J connectivity index is 1.99. The van der Waals surface area contributed by atoms with Gasteiger partial charge in [-0.15, -0.1) is 0 Å². The Hall–Kier alpha value is -1.56. The van der Waals surface area contributed by atoms with Gasteiger partial charge in [0, 0.05) is 49.6 Å². The Bertz CT molecular complexity index is 572. The standard InChI is InChI=1S/C15H20ClN3O2/c1-19-10-12(8-18-19)11-21-15-5-3-4-14(16)13(15)9-17-6-7-20-2/h3-5,8,10,17H,6-7,9,11H2,1-2H3. The molecule has 0 aliphatic rings. The van der Waals surface area contributed by atoms with Crippen LogP contribution in [0.1, 0.15) is 11.1 Å². The molecule has 0 aliphatic heterocycles. The van der Waals surface area contributed by atoms with Crippen LogP contribution in [-0.4, -0.2) is 30.0 Å². The van der Waals surface area contributed by atoms with Crippen molar-refractivity contribution < 1.29 is 9.47 Å². The van der Waals surface area contributed by atoms with Crippen molar-refractivity contribution in [3.05, 3.63) is 46.7 Å². The van der Waals surface area contributed by atoms with Crippen molar-refractivity contribution >= 4 is 11.6 Å². The van der Waals surface area contributed by atoms with Gasteiger partial charge in [-0.1, -0.05) is 17.7 Å². The summed E-state index contributed by atoms with van der Waals surface area (Å²) in [6.45, 7) is 2.55. The van der Waals surface area contributed by atoms with Crippen molar-refractivity contribution in [1.29, 1.82) is 0 Å². The third-order valence-corrected chi connectivity index (χ3v) is 3.37. The fraction of sp³-hybridized carbons (Fsp3) is 0.400. The lowest BCUT2D eigenvalue weighted by Crippen LogP contribution is -2.19. The van der Waals surface area contributed by atoms with E-state index in [1.165, 1.54) is 0 Å². The van der Waals surface area contributed by atoms with Crippen LogP contribution >= 0.6 is 11.6 Å². The van der Waals surface area contributed by atoms with Crippen LogP contribution in [0.15, 0.2) is 30.6 Å². The third kappa shape index (κ3) is 4.74. The van der Waals surface area contributed by atoms with Crippen LogP contribution in [-0.2, 0) is 24.9 Å². The molecule has 6 heteroatoms. The van der Waals surface area contributed by atoms with Crippen molar-refractivity contribution in [3.63, 3.8) is 0 Å². The Morgan fingerprint density at radius 1 is 1.38 bits per heavy atom. The summed E-state index contributed by atoms with van der Waals surface area (Å²) >= 11 is 6.26. The second-order valence-electron chi connectivity index (χ2n) is 4.70. The molecule has 0 bridgehead atoms. The monoisotopic (exact) mass is 309 g/mol. The number of ether oxygens (including phenoxy) is 2. The van der Waals surface area contributed by atoms with Crippen LogP contribution in [0.2, 0.25) is 5.02 Å². The Kier molecular flexibility index (Phi) is 6.04. The first-order chi connectivity index (χ1) is 10.2. The van der Waals surface area contributed by atoms with Gasteiger partial charge in [0.2, 0.25) is 0 Å². The van der Waals surface area contributed by atoms with Gasteiger partial charge in [-0.25, -0.2) is 0 Å². The van der Waals surface area contributed by atoms with Gasteiger partial charge in [0.1, 0.15) is 12.4 Å². The van der Waals surface area contributed by atoms with Gasteiger partial charge in [0.25, 0.3) is 0 Å². The predicted octanol–water partition coefficient (Wildman–Crippen LogP) is 2.39. The molecule has 0 fully saturated rings. The van der Waals surface area contributed by atoms with E-state index >= 15 is 0 Å². The van der Waals surface area contributed by atoms with Gasteiger partial charge in [-0.05, 0) is 12.1 Å². The molecular weight excluding hydrogens is 290 g/mol. The third-order valence-electron chi connectivity index (χ3n) is 3.01. The number of methoxy groups -OCH3 is 1. The van der Waals surface area contributed by atoms with Gasteiger partial charge in [0.15, 0.2) is 0 Å². The van der Waals surface area contributed by atoms with Gasteiger partial charge < -0.3 is 14.8 Å². The smallest absolute Gasteiger partial charge is 0.125 e. The molecule has 21 heavy (non-hydrogen) atoms. The van der Waals surface area contributed by atoms with Crippen molar-refractivity contribution in [3.8, 4) is 5.75 Å². The van der Waals surface area contributed by atoms with E-state index in [-0.39, 0.29) is 0 Å². The molecule has 5 nitrogen and oxygen atoms in total. The molecule has 1 heterocycles. The summed E-state index contributed by atoms with van der Waals surface area (Å²) in [4.78, 5) is 0. The topological polar surface area (TPSA) is 48.3 Å². The number of benzene rings is 1. The van der Waals surface area contributed by atoms with Gasteiger partial charge in [-0.2, -0.15) is 5.10 Å². The fourth-order valence-electron chi connectivity index (χ4n) is 1.94. The van der Waals surface area contributed by atoms with Crippen LogP contribution in [0.5, 0.6) is 5.75 Å². The van der Waals surface area contributed by atoms with Crippen LogP contribution in [0.4, 0.5) is 0 Å². The second kappa shape index (κ2) is 8.02. The molecule has 1 aromatic heterocycles. The van der Waals surface area contributed by atoms with E-state index in [0.717, 1.165) is 23.4 Å². The molecule has 0 radical (unpaired) electrons. The van der Waals surface area contributed by atoms with E-state index in [9.17, 15) is 0 Å². The second-order valence-corrected chi connectivity index (χ2v) is 5.10. The highest BCUT2D eigenvalue weighted by Crippen LogP contribution is 2.27. The van der Waals surface area contributed by atoms with E-state index in [4.69, 9.17) is 21.1 Å². The Labute approximate surface area is 129 Å². The number of hydrogen-bond donors (Lipinski definition) is 1. The Morgan fingerprint density at radius 2 is 2.24 bits per heavy atom. The maximum absolute atomic E-state index is 6.26. The van der Waals surface area contributed by atoms with E-state index < -0.39 is 0 Å². The average molecular weight is 310 g/mol. The number of aryl methyl sites for hydroxylation is 1. The van der Waals surface area contributed by atoms with E-state index in [1.807, 2.05) is 31.4 Å². The number of nitrogens with one attached hydrogen (secondary N) is 1. The molecule has 1 aromatic carbocycles. The number of halogens is 1. The van der Waals surface area contributed by atoms with Gasteiger partial charge in [0.05, 0.1) is 12.8 Å². The molecule has 0 atom stereocenters. The molecule has 0 saturated heterocycles. The maximum atomic E-state index is 6.26. The highest BCUT2D eigenvalue weighted by molar-refractivity contribution is 6.31. The van der Waals surface area contributed by atoms with Crippen molar-refractivity contribution in [1.82, 2.24) is 15.1 Å². The summed E-state index contributed by atoms with van der Waals surface area (Å²) in [5, 5.41) is 8.10. The average Bonchev–Trinajstić information content (AvgIpc) is 2.89. The van der Waals surface area contributed by atoms with Crippen molar-refractivity contribution in [2.75, 3.05) is 20.3 Å². The highest BCUT2D eigenvalue weighted by Gasteiger charge is 2.08. The number of rotatable bonds is 8. The molecule has 0 amide bonds. The minimum absolute atomic E-state index is 0.471. The van der Waals surface area contributed by atoms with Crippen molar-refractivity contribution in [2.45, 2.75) is 13.2 Å². The first-order valence-electron chi connectivity index (χ1n) is 6.78. The largest absolute Gasteiger partial charge is 0.488 e. The van der Waals surface area contributed by atoms with Gasteiger partial charge in [-0.3, -0.25) is 4.68 Å². The molecule has 0 spiro atoms. The van der Waals surface area contributed by atoms with Crippen LogP contribution < -0.4 is 10.1 Å². The minimum atomic E-state index is 0.471. The molecule has 2 rings (SSSR count). The summed E-state index contributed by atoms with van der Waals surface area (Å²) in [6, 6.07) is 5.68. The molecule has 0 saturated carbocycles. The van der Waals surface area contributed by atoms with Gasteiger partial charge >= 0.3 is 0 Å². The minimum Gasteiger partial charge on any atom is -0.488 e. The quantitative estimate of drug-likeness (QED) is 0.761. The number of nitrogens with zero attached hydrogens (tertiary/aromatic N) is 2. The van der Waals surface area contributed by atoms with Crippen molar-refractivity contribution in [2.24, 2.45) is 7.05 Å². The zero-order valence-corrected chi connectivity index (χ0v) is 13.1. The van der Waals surface area contributed by atoms with E-state index in [0.29, 0.717) is 24.8 Å². The SMILES string of the molecule is COCCNCc1c(Cl)cccc1OCc1cnn(C)c1. The molecule has 1 N–H and O–H groups in total. The molecule has 0 unspecified atom stereocenters. The lowest BCUT2D eigenvalue weighted by molar-refractivity contribution is 0.199. The summed E-state index contributed by atoms with van der Waals surface area (Å²) in [6.07, 6.45) is 3.72. The first kappa shape index (κ1) is 15.8. The summed E-state index contributed by atoms with van der Waals surface area (Å²) in [5.74, 6) is 0.788. The van der Waals surface area contributed by atoms with E-state index in [1.54, 1.807) is 18.0 Å². The highest BCUT2D eigenvalue weighted by atomic mass is 35.5.